The first kappa shape index (κ1) is 28.5. The fourth-order valence-corrected chi connectivity index (χ4v) is 2.42. The maximum atomic E-state index is 10.6. The van der Waals surface area contributed by atoms with Crippen LogP contribution in [0.2, 0.25) is 0 Å². The van der Waals surface area contributed by atoms with Gasteiger partial charge in [-0.05, 0) is 0 Å². The van der Waals surface area contributed by atoms with Gasteiger partial charge in [0.05, 0.1) is 0 Å². The molecule has 0 amide bonds. The molecule has 2 unspecified atom stereocenters. The third kappa shape index (κ3) is 34.9. The summed E-state index contributed by atoms with van der Waals surface area (Å²) in [6.45, 7) is 7.96. The molecule has 0 spiro atoms. The van der Waals surface area contributed by atoms with Crippen molar-refractivity contribution in [2.24, 2.45) is 0 Å². The number of hydrogen-bond acceptors (Lipinski definition) is 2. The predicted octanol–water partition coefficient (Wildman–Crippen LogP) is 4.59. The molecule has 0 aromatic rings. The summed E-state index contributed by atoms with van der Waals surface area (Å²) in [7, 11) is 0. The molecule has 0 aliphatic heterocycles. The predicted molar refractivity (Wildman–Crippen MR) is 101 cm³/mol. The molecule has 0 fully saturated rings. The first-order valence-electron chi connectivity index (χ1n) is 9.86. The summed E-state index contributed by atoms with van der Waals surface area (Å²) >= 11 is 0. The third-order valence-electron chi connectivity index (χ3n) is 3.93. The molecule has 0 heterocycles. The van der Waals surface area contributed by atoms with Gasteiger partial charge in [0.1, 0.15) is 0 Å². The van der Waals surface area contributed by atoms with E-state index in [4.69, 9.17) is 0 Å². The largest absolute Gasteiger partial charge is 2.00 e. The van der Waals surface area contributed by atoms with Gasteiger partial charge in [-0.15, -0.1) is 12.2 Å². The van der Waals surface area contributed by atoms with Crippen LogP contribution in [0, 0.1) is 0 Å². The maximum Gasteiger partial charge on any atom is 2.00 e. The Hall–Kier alpha value is 0.686. The minimum Gasteiger partial charge on any atom is -0.852 e. The smallest absolute Gasteiger partial charge is 0.852 e. The van der Waals surface area contributed by atoms with Gasteiger partial charge in [-0.3, -0.25) is 0 Å². The van der Waals surface area contributed by atoms with Crippen molar-refractivity contribution in [3.8, 4) is 0 Å². The van der Waals surface area contributed by atoms with E-state index in [9.17, 15) is 10.2 Å². The van der Waals surface area contributed by atoms with Crippen molar-refractivity contribution in [2.45, 2.75) is 130 Å². The zero-order valence-corrected chi connectivity index (χ0v) is 18.0. The summed E-state index contributed by atoms with van der Waals surface area (Å²) in [5.41, 5.74) is 0. The molecule has 2 atom stereocenters. The Kier molecular flexibility index (Phi) is 30.9. The van der Waals surface area contributed by atoms with Crippen molar-refractivity contribution >= 4 is 23.1 Å². The van der Waals surface area contributed by atoms with Crippen LogP contribution in [0.4, 0.5) is 0 Å². The van der Waals surface area contributed by atoms with Crippen LogP contribution in [-0.4, -0.2) is 35.3 Å². The van der Waals surface area contributed by atoms with Crippen LogP contribution in [-0.2, 0) is 0 Å². The van der Waals surface area contributed by atoms with E-state index in [1.54, 1.807) is 13.8 Å². The molecule has 23 heavy (non-hydrogen) atoms. The van der Waals surface area contributed by atoms with Crippen LogP contribution in [0.25, 0.3) is 0 Å². The van der Waals surface area contributed by atoms with E-state index < -0.39 is 0 Å². The van der Waals surface area contributed by atoms with Crippen LogP contribution in [0.3, 0.4) is 0 Å². The first-order chi connectivity index (χ1) is 10.5. The van der Waals surface area contributed by atoms with Gasteiger partial charge < -0.3 is 10.2 Å². The van der Waals surface area contributed by atoms with Gasteiger partial charge in [-0.25, -0.2) is 0 Å². The van der Waals surface area contributed by atoms with Gasteiger partial charge in [-0.1, -0.05) is 118 Å². The van der Waals surface area contributed by atoms with E-state index in [1.165, 1.54) is 64.2 Å². The maximum absolute atomic E-state index is 10.6. The van der Waals surface area contributed by atoms with Gasteiger partial charge in [-0.2, -0.15) is 0 Å². The van der Waals surface area contributed by atoms with Gasteiger partial charge in [0.15, 0.2) is 0 Å². The van der Waals surface area contributed by atoms with Gasteiger partial charge in [0, 0.05) is 0 Å². The van der Waals surface area contributed by atoms with Crippen LogP contribution in [0.5, 0.6) is 0 Å². The van der Waals surface area contributed by atoms with Crippen molar-refractivity contribution in [1.82, 2.24) is 0 Å². The first-order valence-corrected chi connectivity index (χ1v) is 9.86. The van der Waals surface area contributed by atoms with E-state index in [2.05, 4.69) is 13.8 Å². The molecule has 0 radical (unpaired) electrons. The monoisotopic (exact) mass is 338 g/mol. The Labute approximate surface area is 163 Å². The van der Waals surface area contributed by atoms with E-state index in [1.807, 2.05) is 0 Å². The van der Waals surface area contributed by atoms with Crippen LogP contribution in [0.15, 0.2) is 0 Å². The molecule has 0 aliphatic carbocycles. The molecule has 0 aliphatic rings. The molecule has 0 aromatic heterocycles. The molecule has 2 nitrogen and oxygen atoms in total. The Balaban J connectivity index is -0.000000333. The summed E-state index contributed by atoms with van der Waals surface area (Å²) in [5.74, 6) is 0. The van der Waals surface area contributed by atoms with E-state index in [0.29, 0.717) is 0 Å². The molecule has 0 N–H and O–H groups in total. The normalized spacial score (nSPS) is 12.8. The average Bonchev–Trinajstić information content (AvgIpc) is 2.46. The molecular formula is C20H42MgO2. The molecule has 0 aromatic carbocycles. The van der Waals surface area contributed by atoms with Crippen LogP contribution in [0.1, 0.15) is 118 Å². The Bertz CT molecular complexity index is 164. The molecule has 0 bridgehead atoms. The van der Waals surface area contributed by atoms with Crippen LogP contribution >= 0.6 is 0 Å². The zero-order valence-electron chi connectivity index (χ0n) is 16.6. The van der Waals surface area contributed by atoms with Crippen LogP contribution < -0.4 is 10.2 Å². The number of unbranched alkanes of at least 4 members (excludes halogenated alkanes) is 10. The topological polar surface area (TPSA) is 46.1 Å². The molecule has 136 valence electrons. The molecule has 0 saturated heterocycles. The van der Waals surface area contributed by atoms with E-state index in [-0.39, 0.29) is 35.3 Å². The van der Waals surface area contributed by atoms with Crippen molar-refractivity contribution in [3.63, 3.8) is 0 Å². The fourth-order valence-electron chi connectivity index (χ4n) is 2.42. The standard InChI is InChI=1S/2C10H21O.Mg/c2*1-3-4-5-6-7-8-9-10(2)11;/h2*10H,3-9H2,1-2H3;/q2*-1;+2. The molecule has 0 rings (SSSR count). The number of hydrogen-bond donors (Lipinski definition) is 0. The van der Waals surface area contributed by atoms with E-state index >= 15 is 0 Å². The Morgan fingerprint density at radius 2 is 0.783 bits per heavy atom. The van der Waals surface area contributed by atoms with Crippen molar-refractivity contribution in [3.05, 3.63) is 0 Å². The summed E-state index contributed by atoms with van der Waals surface area (Å²) in [4.78, 5) is 0. The second-order valence-corrected chi connectivity index (χ2v) is 6.73. The summed E-state index contributed by atoms with van der Waals surface area (Å²) in [6, 6.07) is 0. The minimum atomic E-state index is -0.346. The van der Waals surface area contributed by atoms with Gasteiger partial charge in [0.25, 0.3) is 0 Å². The second kappa shape index (κ2) is 24.9. The average molecular weight is 339 g/mol. The van der Waals surface area contributed by atoms with Crippen molar-refractivity contribution in [2.75, 3.05) is 0 Å². The summed E-state index contributed by atoms with van der Waals surface area (Å²) in [5, 5.41) is 21.2. The minimum absolute atomic E-state index is 0. The third-order valence-corrected chi connectivity index (χ3v) is 3.93. The zero-order chi connectivity index (χ0) is 17.1. The Morgan fingerprint density at radius 1 is 0.522 bits per heavy atom. The van der Waals surface area contributed by atoms with Gasteiger partial charge >= 0.3 is 23.1 Å². The summed E-state index contributed by atoms with van der Waals surface area (Å²) in [6.07, 6.45) is 16.5. The van der Waals surface area contributed by atoms with E-state index in [0.717, 1.165) is 25.7 Å². The molecular weight excluding hydrogens is 297 g/mol. The number of rotatable bonds is 14. The Morgan fingerprint density at radius 3 is 1.04 bits per heavy atom. The molecule has 0 saturated carbocycles. The van der Waals surface area contributed by atoms with Crippen molar-refractivity contribution in [1.29, 1.82) is 0 Å². The van der Waals surface area contributed by atoms with Crippen molar-refractivity contribution < 1.29 is 10.2 Å². The second-order valence-electron chi connectivity index (χ2n) is 6.73. The quantitative estimate of drug-likeness (QED) is 0.343. The fraction of sp³-hybridized carbons (Fsp3) is 1.00. The summed E-state index contributed by atoms with van der Waals surface area (Å²) < 4.78 is 0. The molecule has 3 heteroatoms. The van der Waals surface area contributed by atoms with Gasteiger partial charge in [0.2, 0.25) is 0 Å². The SMILES string of the molecule is CCCCCCCCC(C)[O-].CCCCCCCCC(C)[O-].[Mg+2].